The molecule has 8 nitrogen and oxygen atoms in total. The van der Waals surface area contributed by atoms with Crippen molar-refractivity contribution in [3.63, 3.8) is 0 Å². The van der Waals surface area contributed by atoms with Crippen LogP contribution in [0.1, 0.15) is 128 Å². The van der Waals surface area contributed by atoms with Gasteiger partial charge in [-0.2, -0.15) is 0 Å². The number of phenols is 2. The fraction of sp³-hybridized carbons (Fsp3) is 0.368. The molecule has 0 heterocycles. The Bertz CT molecular complexity index is 2660. The molecule has 0 fully saturated rings. The Balaban J connectivity index is 1.12. The Kier molecular flexibility index (Phi) is 15.0. The molecular weight excluding hydrogens is 875 g/mol. The monoisotopic (exact) mass is 944 g/mol. The van der Waals surface area contributed by atoms with Crippen molar-refractivity contribution in [1.29, 1.82) is 0 Å². The van der Waals surface area contributed by atoms with Crippen LogP contribution in [0.15, 0.2) is 146 Å². The minimum absolute atomic E-state index is 0.228. The normalized spacial score (nSPS) is 14.4. The van der Waals surface area contributed by atoms with Gasteiger partial charge in [0, 0.05) is 29.6 Å². The molecule has 2 N–H and O–H groups in total. The van der Waals surface area contributed by atoms with Crippen molar-refractivity contribution in [3.05, 3.63) is 179 Å². The molecule has 0 bridgehead atoms. The average molecular weight is 945 g/mol. The number of rotatable bonds is 20. The first-order valence-electron chi connectivity index (χ1n) is 23.4. The molecule has 0 aliphatic carbocycles. The van der Waals surface area contributed by atoms with E-state index in [-0.39, 0.29) is 22.3 Å². The Morgan fingerprint density at radius 1 is 0.358 bits per heavy atom. The second-order valence-electron chi connectivity index (χ2n) is 19.5. The molecule has 10 heteroatoms. The number of benzene rings is 6. The Morgan fingerprint density at radius 2 is 0.552 bits per heavy atom. The molecule has 6 aromatic rings. The van der Waals surface area contributed by atoms with Crippen molar-refractivity contribution in [3.8, 4) is 34.5 Å². The van der Waals surface area contributed by atoms with Crippen LogP contribution in [0.5, 0.6) is 34.5 Å². The summed E-state index contributed by atoms with van der Waals surface area (Å²) in [5.41, 5.74) is 5.36. The molecule has 0 saturated carbocycles. The van der Waals surface area contributed by atoms with Crippen LogP contribution in [-0.4, -0.2) is 34.2 Å². The summed E-state index contributed by atoms with van der Waals surface area (Å²) in [5, 5.41) is 17.5. The van der Waals surface area contributed by atoms with Crippen LogP contribution in [-0.2, 0) is 25.4 Å². The van der Waals surface area contributed by atoms with Crippen LogP contribution in [0.3, 0.4) is 0 Å². The van der Waals surface area contributed by atoms with Crippen molar-refractivity contribution < 1.29 is 37.9 Å². The standard InChI is InChI=1S/C57H70O8P2/c1-13-56(14-2,62-49-33-21-43(22-34-49)53(5,6)41-17-29-47(58)30-18-41)67(12,61)65-52-39-27-46(28-40-52)55(9,10)44-23-35-50(36-24-44)63-57(15-3,16-4)66(11,60)64-51-37-25-45(26-38-51)54(7,8)42-19-31-48(59)32-20-42/h17-40,58-59H,13-16H2,1-12H3. The third kappa shape index (κ3) is 10.5. The first-order chi connectivity index (χ1) is 31.5. The summed E-state index contributed by atoms with van der Waals surface area (Å²) in [5.74, 6) is 2.70. The third-order valence-electron chi connectivity index (χ3n) is 14.3. The van der Waals surface area contributed by atoms with Gasteiger partial charge in [-0.1, -0.05) is 142 Å². The topological polar surface area (TPSA) is 112 Å². The summed E-state index contributed by atoms with van der Waals surface area (Å²) in [4.78, 5) is 0. The van der Waals surface area contributed by atoms with Gasteiger partial charge in [-0.15, -0.1) is 0 Å². The van der Waals surface area contributed by atoms with E-state index in [9.17, 15) is 19.3 Å². The second kappa shape index (κ2) is 19.7. The van der Waals surface area contributed by atoms with Crippen LogP contribution in [0.2, 0.25) is 0 Å². The van der Waals surface area contributed by atoms with E-state index >= 15 is 0 Å². The SMILES string of the molecule is CCC(CC)(Oc1ccc(C(C)(C)c2ccc(OP(C)(=O)C(CC)(CC)Oc3ccc(C(C)(C)c4ccc(O)cc4)cc3)cc2)cc1)P(C)(=O)Oc1ccc(C(C)(C)c2ccc(O)cc2)cc1. The highest BCUT2D eigenvalue weighted by atomic mass is 31.2. The summed E-state index contributed by atoms with van der Waals surface area (Å²) < 4.78 is 55.2. The Morgan fingerprint density at radius 3 is 0.761 bits per heavy atom. The second-order valence-corrected chi connectivity index (χ2v) is 24.8. The molecule has 0 radical (unpaired) electrons. The minimum atomic E-state index is -3.41. The smallest absolute Gasteiger partial charge is 0.287 e. The largest absolute Gasteiger partial charge is 0.508 e. The summed E-state index contributed by atoms with van der Waals surface area (Å²) >= 11 is 0. The van der Waals surface area contributed by atoms with Crippen LogP contribution >= 0.6 is 14.7 Å². The maximum Gasteiger partial charge on any atom is 0.287 e. The molecule has 6 aromatic carbocycles. The molecule has 2 unspecified atom stereocenters. The van der Waals surface area contributed by atoms with Crippen LogP contribution in [0.25, 0.3) is 0 Å². The number of hydrogen-bond donors (Lipinski definition) is 2. The number of phenolic OH excluding ortho intramolecular Hbond substituents is 2. The first kappa shape index (κ1) is 51.0. The quantitative estimate of drug-likeness (QED) is 0.0728. The average Bonchev–Trinajstić information content (AvgIpc) is 3.30. The fourth-order valence-corrected chi connectivity index (χ4v) is 13.3. The van der Waals surface area contributed by atoms with Gasteiger partial charge in [-0.05, 0) is 132 Å². The van der Waals surface area contributed by atoms with Gasteiger partial charge in [-0.3, -0.25) is 9.13 Å². The maximum atomic E-state index is 14.6. The number of aromatic hydroxyl groups is 2. The molecule has 0 amide bonds. The van der Waals surface area contributed by atoms with Crippen molar-refractivity contribution in [2.75, 3.05) is 13.3 Å². The van der Waals surface area contributed by atoms with Crippen LogP contribution < -0.4 is 18.5 Å². The van der Waals surface area contributed by atoms with Gasteiger partial charge in [-0.25, -0.2) is 0 Å². The van der Waals surface area contributed by atoms with Crippen LogP contribution in [0, 0.1) is 0 Å². The molecule has 67 heavy (non-hydrogen) atoms. The molecule has 0 saturated heterocycles. The molecule has 0 aliphatic heterocycles. The van der Waals surface area contributed by atoms with Gasteiger partial charge in [0.1, 0.15) is 34.5 Å². The molecule has 0 aliphatic rings. The van der Waals surface area contributed by atoms with E-state index < -0.39 is 30.8 Å². The van der Waals surface area contributed by atoms with Gasteiger partial charge in [0.05, 0.1) is 0 Å². The zero-order valence-electron chi connectivity index (χ0n) is 41.4. The lowest BCUT2D eigenvalue weighted by molar-refractivity contribution is 0.130. The van der Waals surface area contributed by atoms with Crippen molar-refractivity contribution in [2.45, 2.75) is 122 Å². The number of ether oxygens (including phenoxy) is 2. The molecule has 2 atom stereocenters. The van der Waals surface area contributed by atoms with Gasteiger partial charge in [0.2, 0.25) is 0 Å². The highest BCUT2D eigenvalue weighted by molar-refractivity contribution is 7.60. The predicted octanol–water partition coefficient (Wildman–Crippen LogP) is 15.8. The van der Waals surface area contributed by atoms with Crippen molar-refractivity contribution in [1.82, 2.24) is 0 Å². The summed E-state index contributed by atoms with van der Waals surface area (Å²) in [6.07, 6.45) is 1.93. The Hall–Kier alpha value is -5.42. The number of hydrogen-bond acceptors (Lipinski definition) is 8. The predicted molar refractivity (Wildman–Crippen MR) is 275 cm³/mol. The zero-order valence-corrected chi connectivity index (χ0v) is 43.2. The van der Waals surface area contributed by atoms with E-state index in [1.807, 2.05) is 149 Å². The van der Waals surface area contributed by atoms with E-state index in [0.29, 0.717) is 48.7 Å². The Labute approximate surface area is 399 Å². The molecule has 356 valence electrons. The lowest BCUT2D eigenvalue weighted by Crippen LogP contribution is -2.36. The first-order valence-corrected chi connectivity index (χ1v) is 27.6. The molecule has 0 spiro atoms. The van der Waals surface area contributed by atoms with Gasteiger partial charge in [0.25, 0.3) is 14.7 Å². The zero-order chi connectivity index (χ0) is 49.1. The van der Waals surface area contributed by atoms with E-state index in [1.165, 1.54) is 0 Å². The summed E-state index contributed by atoms with van der Waals surface area (Å²) in [6, 6.07) is 45.9. The van der Waals surface area contributed by atoms with Crippen LogP contribution in [0.4, 0.5) is 0 Å². The minimum Gasteiger partial charge on any atom is -0.508 e. The van der Waals surface area contributed by atoms with Gasteiger partial charge < -0.3 is 28.7 Å². The highest BCUT2D eigenvalue weighted by Gasteiger charge is 2.48. The lowest BCUT2D eigenvalue weighted by atomic mass is 9.78. The van der Waals surface area contributed by atoms with Crippen molar-refractivity contribution in [2.24, 2.45) is 0 Å². The summed E-state index contributed by atoms with van der Waals surface area (Å²) in [6.45, 7) is 24.1. The van der Waals surface area contributed by atoms with E-state index in [4.69, 9.17) is 18.5 Å². The van der Waals surface area contributed by atoms with E-state index in [0.717, 1.165) is 33.4 Å². The van der Waals surface area contributed by atoms with Gasteiger partial charge in [0.15, 0.2) is 10.7 Å². The van der Waals surface area contributed by atoms with Gasteiger partial charge >= 0.3 is 0 Å². The van der Waals surface area contributed by atoms with Crippen molar-refractivity contribution >= 4 is 14.7 Å². The maximum absolute atomic E-state index is 14.6. The molecular formula is C57H70O8P2. The third-order valence-corrected chi connectivity index (χ3v) is 19.9. The van der Waals surface area contributed by atoms with E-state index in [2.05, 4.69) is 41.5 Å². The molecule has 0 aromatic heterocycles. The highest BCUT2D eigenvalue weighted by Crippen LogP contribution is 2.61. The summed E-state index contributed by atoms with van der Waals surface area (Å²) in [7, 11) is -6.81. The fourth-order valence-electron chi connectivity index (χ4n) is 9.11. The lowest BCUT2D eigenvalue weighted by Gasteiger charge is -2.37. The molecule has 6 rings (SSSR count). The van der Waals surface area contributed by atoms with E-state index in [1.54, 1.807) is 37.6 Å².